The number of hydrogen-bond acceptors (Lipinski definition) is 3. The highest BCUT2D eigenvalue weighted by molar-refractivity contribution is 5.36. The molecule has 1 rings (SSSR count). The van der Waals surface area contributed by atoms with Crippen LogP contribution in [0.25, 0.3) is 0 Å². The molecule has 1 aromatic rings. The lowest BCUT2D eigenvalue weighted by molar-refractivity contribution is 0.411. The maximum absolute atomic E-state index is 5.70. The van der Waals surface area contributed by atoms with Crippen molar-refractivity contribution in [3.63, 3.8) is 0 Å². The Kier molecular flexibility index (Phi) is 6.01. The lowest BCUT2D eigenvalue weighted by Crippen LogP contribution is -2.19. The zero-order valence-corrected chi connectivity index (χ0v) is 11.1. The van der Waals surface area contributed by atoms with Crippen molar-refractivity contribution in [2.45, 2.75) is 39.3 Å². The van der Waals surface area contributed by atoms with Crippen LogP contribution in [0.4, 0.5) is 0 Å². The van der Waals surface area contributed by atoms with Gasteiger partial charge in [0.25, 0.3) is 0 Å². The third-order valence-corrected chi connectivity index (χ3v) is 2.80. The maximum Gasteiger partial charge on any atom is 0.121 e. The highest BCUT2D eigenvalue weighted by Crippen LogP contribution is 2.18. The molecular formula is C14H24N2O. The predicted octanol–water partition coefficient (Wildman–Crippen LogP) is 2.22. The van der Waals surface area contributed by atoms with Crippen molar-refractivity contribution in [3.05, 3.63) is 29.3 Å². The van der Waals surface area contributed by atoms with Gasteiger partial charge in [-0.05, 0) is 50.4 Å². The smallest absolute Gasteiger partial charge is 0.121 e. The number of ether oxygens (including phenoxy) is 1. The van der Waals surface area contributed by atoms with E-state index in [0.29, 0.717) is 6.04 Å². The van der Waals surface area contributed by atoms with E-state index >= 15 is 0 Å². The fourth-order valence-electron chi connectivity index (χ4n) is 1.83. The quantitative estimate of drug-likeness (QED) is 0.714. The fourth-order valence-corrected chi connectivity index (χ4v) is 1.83. The number of nitrogens with two attached hydrogens (primary N) is 1. The molecule has 0 aliphatic rings. The summed E-state index contributed by atoms with van der Waals surface area (Å²) < 4.78 is 5.24. The average Bonchev–Trinajstić information content (AvgIpc) is 2.28. The summed E-state index contributed by atoms with van der Waals surface area (Å²) in [7, 11) is 1.70. The number of benzene rings is 1. The van der Waals surface area contributed by atoms with E-state index in [-0.39, 0.29) is 0 Å². The second kappa shape index (κ2) is 7.30. The van der Waals surface area contributed by atoms with Crippen molar-refractivity contribution in [3.8, 4) is 5.75 Å². The first-order valence-electron chi connectivity index (χ1n) is 6.23. The molecule has 0 saturated carbocycles. The molecule has 0 fully saturated rings. The van der Waals surface area contributed by atoms with E-state index in [2.05, 4.69) is 24.4 Å². The normalized spacial score (nSPS) is 12.5. The zero-order valence-electron chi connectivity index (χ0n) is 11.1. The summed E-state index contributed by atoms with van der Waals surface area (Å²) in [5.41, 5.74) is 8.17. The summed E-state index contributed by atoms with van der Waals surface area (Å²) in [4.78, 5) is 0. The first-order valence-corrected chi connectivity index (χ1v) is 6.23. The van der Waals surface area contributed by atoms with Gasteiger partial charge in [-0.3, -0.25) is 0 Å². The van der Waals surface area contributed by atoms with Crippen LogP contribution in [0.3, 0.4) is 0 Å². The van der Waals surface area contributed by atoms with Gasteiger partial charge in [-0.15, -0.1) is 0 Å². The number of aryl methyl sites for hydroxylation is 1. The molecule has 0 heterocycles. The van der Waals surface area contributed by atoms with Crippen molar-refractivity contribution < 1.29 is 4.74 Å². The molecule has 3 N–H and O–H groups in total. The van der Waals surface area contributed by atoms with Crippen LogP contribution in [0.2, 0.25) is 0 Å². The molecule has 1 aromatic carbocycles. The molecule has 0 spiro atoms. The molecule has 0 bridgehead atoms. The molecule has 1 atom stereocenters. The summed E-state index contributed by atoms with van der Waals surface area (Å²) in [5.74, 6) is 0.950. The van der Waals surface area contributed by atoms with E-state index in [4.69, 9.17) is 10.5 Å². The molecule has 0 amide bonds. The van der Waals surface area contributed by atoms with E-state index in [1.807, 2.05) is 13.0 Å². The summed E-state index contributed by atoms with van der Waals surface area (Å²) in [6.45, 7) is 6.04. The largest absolute Gasteiger partial charge is 0.496 e. The van der Waals surface area contributed by atoms with Crippen LogP contribution in [0.1, 0.15) is 30.9 Å². The number of methoxy groups -OCH3 is 1. The Bertz CT molecular complexity index is 337. The molecule has 3 nitrogen and oxygen atoms in total. The first-order chi connectivity index (χ1) is 8.13. The average molecular weight is 236 g/mol. The van der Waals surface area contributed by atoms with E-state index in [1.165, 1.54) is 11.1 Å². The molecule has 0 aliphatic heterocycles. The SMILES string of the molecule is COc1ccc(CNCCCC(C)N)cc1C. The summed E-state index contributed by atoms with van der Waals surface area (Å²) in [5, 5.41) is 3.43. The first kappa shape index (κ1) is 14.0. The fraction of sp³-hybridized carbons (Fsp3) is 0.571. The number of rotatable bonds is 7. The predicted molar refractivity (Wildman–Crippen MR) is 72.3 cm³/mol. The standard InChI is InChI=1S/C14H24N2O/c1-11-9-13(6-7-14(11)17-3)10-16-8-4-5-12(2)15/h6-7,9,12,16H,4-5,8,10,15H2,1-3H3. The minimum atomic E-state index is 0.306. The van der Waals surface area contributed by atoms with Crippen molar-refractivity contribution in [1.29, 1.82) is 0 Å². The van der Waals surface area contributed by atoms with Crippen LogP contribution < -0.4 is 15.8 Å². The highest BCUT2D eigenvalue weighted by atomic mass is 16.5. The van der Waals surface area contributed by atoms with Gasteiger partial charge in [-0.2, -0.15) is 0 Å². The van der Waals surface area contributed by atoms with E-state index in [9.17, 15) is 0 Å². The third-order valence-electron chi connectivity index (χ3n) is 2.80. The van der Waals surface area contributed by atoms with Gasteiger partial charge in [0.05, 0.1) is 7.11 Å². The van der Waals surface area contributed by atoms with Crippen molar-refractivity contribution in [1.82, 2.24) is 5.32 Å². The van der Waals surface area contributed by atoms with Crippen LogP contribution >= 0.6 is 0 Å². The van der Waals surface area contributed by atoms with E-state index in [0.717, 1.165) is 31.7 Å². The van der Waals surface area contributed by atoms with Gasteiger partial charge in [0.15, 0.2) is 0 Å². The van der Waals surface area contributed by atoms with E-state index in [1.54, 1.807) is 7.11 Å². The molecular weight excluding hydrogens is 212 g/mol. The molecule has 96 valence electrons. The summed E-state index contributed by atoms with van der Waals surface area (Å²) >= 11 is 0. The van der Waals surface area contributed by atoms with Gasteiger partial charge >= 0.3 is 0 Å². The molecule has 3 heteroatoms. The number of nitrogens with one attached hydrogen (secondary N) is 1. The zero-order chi connectivity index (χ0) is 12.7. The van der Waals surface area contributed by atoms with Gasteiger partial charge in [-0.1, -0.05) is 12.1 Å². The highest BCUT2D eigenvalue weighted by Gasteiger charge is 1.99. The van der Waals surface area contributed by atoms with Gasteiger partial charge in [0.2, 0.25) is 0 Å². The molecule has 1 unspecified atom stereocenters. The van der Waals surface area contributed by atoms with Crippen LogP contribution in [-0.4, -0.2) is 19.7 Å². The van der Waals surface area contributed by atoms with Crippen LogP contribution in [-0.2, 0) is 6.54 Å². The van der Waals surface area contributed by atoms with Crippen LogP contribution in [0.15, 0.2) is 18.2 Å². The van der Waals surface area contributed by atoms with Crippen LogP contribution in [0.5, 0.6) is 5.75 Å². The van der Waals surface area contributed by atoms with Crippen molar-refractivity contribution in [2.75, 3.05) is 13.7 Å². The Labute approximate surface area is 104 Å². The van der Waals surface area contributed by atoms with Crippen LogP contribution in [0, 0.1) is 6.92 Å². The monoisotopic (exact) mass is 236 g/mol. The third kappa shape index (κ3) is 5.20. The van der Waals surface area contributed by atoms with Crippen molar-refractivity contribution in [2.24, 2.45) is 5.73 Å². The Morgan fingerprint density at radius 1 is 1.41 bits per heavy atom. The lowest BCUT2D eigenvalue weighted by Gasteiger charge is -2.09. The Morgan fingerprint density at radius 2 is 2.18 bits per heavy atom. The summed E-state index contributed by atoms with van der Waals surface area (Å²) in [6.07, 6.45) is 2.21. The molecule has 17 heavy (non-hydrogen) atoms. The molecule has 0 aliphatic carbocycles. The topological polar surface area (TPSA) is 47.3 Å². The van der Waals surface area contributed by atoms with Gasteiger partial charge < -0.3 is 15.8 Å². The van der Waals surface area contributed by atoms with Gasteiger partial charge in [0, 0.05) is 12.6 Å². The minimum absolute atomic E-state index is 0.306. The Hall–Kier alpha value is -1.06. The van der Waals surface area contributed by atoms with E-state index < -0.39 is 0 Å². The van der Waals surface area contributed by atoms with Crippen molar-refractivity contribution >= 4 is 0 Å². The molecule has 0 radical (unpaired) electrons. The minimum Gasteiger partial charge on any atom is -0.496 e. The lowest BCUT2D eigenvalue weighted by atomic mass is 10.1. The molecule has 0 saturated heterocycles. The van der Waals surface area contributed by atoms with Gasteiger partial charge in [0.1, 0.15) is 5.75 Å². The van der Waals surface area contributed by atoms with Gasteiger partial charge in [-0.25, -0.2) is 0 Å². The Morgan fingerprint density at radius 3 is 2.76 bits per heavy atom. The Balaban J connectivity index is 2.30. The second-order valence-electron chi connectivity index (χ2n) is 4.60. The summed E-state index contributed by atoms with van der Waals surface area (Å²) in [6, 6.07) is 6.59. The maximum atomic E-state index is 5.70. The number of hydrogen-bond donors (Lipinski definition) is 2. The second-order valence-corrected chi connectivity index (χ2v) is 4.60. The molecule has 0 aromatic heterocycles.